The van der Waals surface area contributed by atoms with Crippen LogP contribution in [0.3, 0.4) is 0 Å². The molecule has 0 radical (unpaired) electrons. The number of hydrogen-bond donors (Lipinski definition) is 1. The molecule has 28 heavy (non-hydrogen) atoms. The topological polar surface area (TPSA) is 62.3 Å². The molecule has 2 aromatic rings. The average Bonchev–Trinajstić information content (AvgIpc) is 2.69. The van der Waals surface area contributed by atoms with E-state index in [1.54, 1.807) is 6.20 Å². The van der Waals surface area contributed by atoms with Crippen LogP contribution in [0.2, 0.25) is 0 Å². The standard InChI is InChI=1S/C23H29N3O2/c1-16-5-10-20(24-15-16)25-21(27)17-11-13-26(14-12-17)22(28)18-6-8-19(9-7-18)23(2,3)4/h5-10,15,17H,11-14H2,1-4H3,(H,24,25,27). The summed E-state index contributed by atoms with van der Waals surface area (Å²) in [7, 11) is 0. The molecule has 0 spiro atoms. The second-order valence-electron chi connectivity index (χ2n) is 8.60. The third-order valence-corrected chi connectivity index (χ3v) is 5.31. The van der Waals surface area contributed by atoms with Crippen molar-refractivity contribution in [1.29, 1.82) is 0 Å². The molecule has 1 aromatic heterocycles. The summed E-state index contributed by atoms with van der Waals surface area (Å²) in [4.78, 5) is 31.3. The quantitative estimate of drug-likeness (QED) is 0.870. The van der Waals surface area contributed by atoms with Gasteiger partial charge in [0, 0.05) is 30.8 Å². The number of nitrogens with zero attached hydrogens (tertiary/aromatic N) is 2. The first-order chi connectivity index (χ1) is 13.2. The van der Waals surface area contributed by atoms with Crippen LogP contribution in [0.25, 0.3) is 0 Å². The average molecular weight is 380 g/mol. The van der Waals surface area contributed by atoms with Crippen LogP contribution in [0.5, 0.6) is 0 Å². The maximum Gasteiger partial charge on any atom is 0.253 e. The van der Waals surface area contributed by atoms with Crippen LogP contribution >= 0.6 is 0 Å². The van der Waals surface area contributed by atoms with Crippen molar-refractivity contribution in [1.82, 2.24) is 9.88 Å². The minimum atomic E-state index is -0.0876. The number of aryl methyl sites for hydroxylation is 1. The molecule has 1 aliphatic heterocycles. The zero-order chi connectivity index (χ0) is 20.3. The number of piperidine rings is 1. The smallest absolute Gasteiger partial charge is 0.253 e. The Morgan fingerprint density at radius 3 is 2.21 bits per heavy atom. The Balaban J connectivity index is 1.55. The molecular formula is C23H29N3O2. The van der Waals surface area contributed by atoms with E-state index in [-0.39, 0.29) is 23.1 Å². The normalized spacial score (nSPS) is 15.4. The van der Waals surface area contributed by atoms with Gasteiger partial charge < -0.3 is 10.2 Å². The molecule has 1 aromatic carbocycles. The monoisotopic (exact) mass is 379 g/mol. The Labute approximate surface area is 167 Å². The fourth-order valence-corrected chi connectivity index (χ4v) is 3.41. The maximum atomic E-state index is 12.8. The van der Waals surface area contributed by atoms with Crippen LogP contribution in [0.15, 0.2) is 42.6 Å². The summed E-state index contributed by atoms with van der Waals surface area (Å²) < 4.78 is 0. The van der Waals surface area contributed by atoms with Crippen LogP contribution in [0.1, 0.15) is 55.1 Å². The Kier molecular flexibility index (Phi) is 5.82. The Hall–Kier alpha value is -2.69. The van der Waals surface area contributed by atoms with Crippen molar-refractivity contribution in [2.24, 2.45) is 5.92 Å². The summed E-state index contributed by atoms with van der Waals surface area (Å²) in [6.07, 6.45) is 3.08. The van der Waals surface area contributed by atoms with E-state index in [9.17, 15) is 9.59 Å². The van der Waals surface area contributed by atoms with E-state index >= 15 is 0 Å². The van der Waals surface area contributed by atoms with Crippen LogP contribution in [-0.4, -0.2) is 34.8 Å². The number of carbonyl (C=O) groups is 2. The van der Waals surface area contributed by atoms with Crippen LogP contribution in [0.4, 0.5) is 5.82 Å². The second-order valence-corrected chi connectivity index (χ2v) is 8.60. The van der Waals surface area contributed by atoms with Gasteiger partial charge in [-0.15, -0.1) is 0 Å². The summed E-state index contributed by atoms with van der Waals surface area (Å²) in [6, 6.07) is 11.6. The van der Waals surface area contributed by atoms with E-state index in [4.69, 9.17) is 0 Å². The molecule has 2 amide bonds. The van der Waals surface area contributed by atoms with Gasteiger partial charge in [0.25, 0.3) is 5.91 Å². The minimum Gasteiger partial charge on any atom is -0.339 e. The van der Waals surface area contributed by atoms with E-state index in [0.29, 0.717) is 37.3 Å². The number of benzene rings is 1. The summed E-state index contributed by atoms with van der Waals surface area (Å²) >= 11 is 0. The van der Waals surface area contributed by atoms with E-state index in [2.05, 4.69) is 31.1 Å². The third-order valence-electron chi connectivity index (χ3n) is 5.31. The lowest BCUT2D eigenvalue weighted by Crippen LogP contribution is -2.41. The van der Waals surface area contributed by atoms with Crippen molar-refractivity contribution < 1.29 is 9.59 Å². The molecule has 0 unspecified atom stereocenters. The maximum absolute atomic E-state index is 12.8. The molecule has 1 N–H and O–H groups in total. The number of aromatic nitrogens is 1. The fraction of sp³-hybridized carbons (Fsp3) is 0.435. The van der Waals surface area contributed by atoms with Gasteiger partial charge in [-0.05, 0) is 54.5 Å². The highest BCUT2D eigenvalue weighted by molar-refractivity contribution is 5.95. The lowest BCUT2D eigenvalue weighted by Gasteiger charge is -2.31. The minimum absolute atomic E-state index is 0.0158. The summed E-state index contributed by atoms with van der Waals surface area (Å²) in [5.41, 5.74) is 3.05. The highest BCUT2D eigenvalue weighted by atomic mass is 16.2. The highest BCUT2D eigenvalue weighted by Gasteiger charge is 2.28. The van der Waals surface area contributed by atoms with Gasteiger partial charge in [0.15, 0.2) is 0 Å². The largest absolute Gasteiger partial charge is 0.339 e. The predicted molar refractivity (Wildman–Crippen MR) is 111 cm³/mol. The lowest BCUT2D eigenvalue weighted by atomic mass is 9.86. The van der Waals surface area contributed by atoms with E-state index in [1.165, 1.54) is 5.56 Å². The second kappa shape index (κ2) is 8.13. The third kappa shape index (κ3) is 4.77. The molecule has 5 nitrogen and oxygen atoms in total. The number of carbonyl (C=O) groups excluding carboxylic acids is 2. The van der Waals surface area contributed by atoms with Gasteiger partial charge in [-0.3, -0.25) is 9.59 Å². The van der Waals surface area contributed by atoms with Crippen LogP contribution in [0, 0.1) is 12.8 Å². The lowest BCUT2D eigenvalue weighted by molar-refractivity contribution is -0.121. The zero-order valence-corrected chi connectivity index (χ0v) is 17.2. The molecule has 1 aliphatic rings. The summed E-state index contributed by atoms with van der Waals surface area (Å²) in [6.45, 7) is 9.63. The van der Waals surface area contributed by atoms with Gasteiger partial charge in [0.05, 0.1) is 0 Å². The Morgan fingerprint density at radius 1 is 1.04 bits per heavy atom. The van der Waals surface area contributed by atoms with Gasteiger partial charge in [-0.25, -0.2) is 4.98 Å². The summed E-state index contributed by atoms with van der Waals surface area (Å²) in [5.74, 6) is 0.515. The van der Waals surface area contributed by atoms with E-state index < -0.39 is 0 Å². The molecule has 1 fully saturated rings. The molecular weight excluding hydrogens is 350 g/mol. The molecule has 1 saturated heterocycles. The highest BCUT2D eigenvalue weighted by Crippen LogP contribution is 2.24. The van der Waals surface area contributed by atoms with Gasteiger partial charge in [-0.1, -0.05) is 39.0 Å². The number of hydrogen-bond acceptors (Lipinski definition) is 3. The SMILES string of the molecule is Cc1ccc(NC(=O)C2CCN(C(=O)c3ccc(C(C)(C)C)cc3)CC2)nc1. The number of rotatable bonds is 3. The van der Waals surface area contributed by atoms with Gasteiger partial charge in [0.2, 0.25) is 5.91 Å². The van der Waals surface area contributed by atoms with Crippen molar-refractivity contribution in [3.8, 4) is 0 Å². The van der Waals surface area contributed by atoms with Gasteiger partial charge in [0.1, 0.15) is 5.82 Å². The Bertz CT molecular complexity index is 828. The molecule has 5 heteroatoms. The number of likely N-dealkylation sites (tertiary alicyclic amines) is 1. The van der Waals surface area contributed by atoms with E-state index in [0.717, 1.165) is 5.56 Å². The molecule has 0 atom stereocenters. The number of amides is 2. The molecule has 0 saturated carbocycles. The number of nitrogens with one attached hydrogen (secondary N) is 1. The first kappa shape index (κ1) is 20.1. The molecule has 3 rings (SSSR count). The van der Waals surface area contributed by atoms with Gasteiger partial charge in [-0.2, -0.15) is 0 Å². The van der Waals surface area contributed by atoms with Crippen molar-refractivity contribution in [2.75, 3.05) is 18.4 Å². The van der Waals surface area contributed by atoms with Gasteiger partial charge >= 0.3 is 0 Å². The molecule has 148 valence electrons. The Morgan fingerprint density at radius 2 is 1.68 bits per heavy atom. The molecule has 0 aliphatic carbocycles. The first-order valence-corrected chi connectivity index (χ1v) is 9.87. The molecule has 2 heterocycles. The first-order valence-electron chi connectivity index (χ1n) is 9.87. The van der Waals surface area contributed by atoms with Crippen molar-refractivity contribution in [2.45, 2.75) is 46.0 Å². The molecule has 0 bridgehead atoms. The van der Waals surface area contributed by atoms with E-state index in [1.807, 2.05) is 48.2 Å². The van der Waals surface area contributed by atoms with Crippen molar-refractivity contribution >= 4 is 17.6 Å². The predicted octanol–water partition coefficient (Wildman–Crippen LogP) is 4.18. The fourth-order valence-electron chi connectivity index (χ4n) is 3.41. The zero-order valence-electron chi connectivity index (χ0n) is 17.2. The van der Waals surface area contributed by atoms with Crippen LogP contribution < -0.4 is 5.32 Å². The van der Waals surface area contributed by atoms with Crippen LogP contribution in [-0.2, 0) is 10.2 Å². The summed E-state index contributed by atoms with van der Waals surface area (Å²) in [5, 5.41) is 2.88. The van der Waals surface area contributed by atoms with Crippen molar-refractivity contribution in [3.63, 3.8) is 0 Å². The van der Waals surface area contributed by atoms with Crippen molar-refractivity contribution in [3.05, 3.63) is 59.3 Å². The number of pyridine rings is 1. The number of anilines is 1.